The zero-order chi connectivity index (χ0) is 12.8. The van der Waals surface area contributed by atoms with Crippen molar-refractivity contribution in [3.05, 3.63) is 34.6 Å². The second-order valence-corrected chi connectivity index (χ2v) is 4.37. The lowest BCUT2D eigenvalue weighted by molar-refractivity contribution is -0.144. The van der Waals surface area contributed by atoms with Gasteiger partial charge in [0.25, 0.3) is 0 Å². The first-order valence-electron chi connectivity index (χ1n) is 5.32. The van der Waals surface area contributed by atoms with Crippen LogP contribution in [0, 0.1) is 5.82 Å². The van der Waals surface area contributed by atoms with E-state index in [1.807, 2.05) is 13.8 Å². The van der Waals surface area contributed by atoms with Crippen LogP contribution in [0.1, 0.15) is 19.4 Å². The highest BCUT2D eigenvalue weighted by atomic mass is 35.5. The Morgan fingerprint density at radius 1 is 1.53 bits per heavy atom. The van der Waals surface area contributed by atoms with Crippen molar-refractivity contribution in [3.63, 3.8) is 0 Å². The number of nitrogens with one attached hydrogen (secondary N) is 1. The van der Waals surface area contributed by atoms with Crippen LogP contribution >= 0.6 is 11.6 Å². The summed E-state index contributed by atoms with van der Waals surface area (Å²) in [5, 5.41) is 3.33. The number of halogens is 2. The minimum atomic E-state index is -0.431. The zero-order valence-electron chi connectivity index (χ0n) is 9.80. The number of hydrogen-bond acceptors (Lipinski definition) is 3. The summed E-state index contributed by atoms with van der Waals surface area (Å²) >= 11 is 5.72. The van der Waals surface area contributed by atoms with E-state index < -0.39 is 11.8 Å². The fraction of sp³-hybridized carbons (Fsp3) is 0.417. The summed E-state index contributed by atoms with van der Waals surface area (Å²) in [4.78, 5) is 11.3. The van der Waals surface area contributed by atoms with E-state index in [2.05, 4.69) is 5.32 Å². The Kier molecular flexibility index (Phi) is 5.38. The normalized spacial score (nSPS) is 10.6. The second kappa shape index (κ2) is 6.57. The molecule has 0 unspecified atom stereocenters. The van der Waals surface area contributed by atoms with Crippen LogP contribution in [0.4, 0.5) is 4.39 Å². The summed E-state index contributed by atoms with van der Waals surface area (Å²) in [5.74, 6) is -0.850. The highest BCUT2D eigenvalue weighted by Gasteiger charge is 2.07. The van der Waals surface area contributed by atoms with Crippen molar-refractivity contribution in [2.45, 2.75) is 26.5 Å². The summed E-state index contributed by atoms with van der Waals surface area (Å²) in [5.41, 5.74) is 0.274. The Labute approximate surface area is 105 Å². The number of carbonyl (C=O) groups is 1. The summed E-state index contributed by atoms with van der Waals surface area (Å²) in [6.07, 6.45) is 0. The highest BCUT2D eigenvalue weighted by molar-refractivity contribution is 6.30. The van der Waals surface area contributed by atoms with Crippen LogP contribution in [-0.2, 0) is 16.1 Å². The predicted octanol–water partition coefficient (Wildman–Crippen LogP) is 2.52. The van der Waals surface area contributed by atoms with E-state index in [0.29, 0.717) is 5.02 Å². The molecule has 1 aromatic rings. The third-order valence-corrected chi connectivity index (χ3v) is 2.29. The van der Waals surface area contributed by atoms with Gasteiger partial charge in [-0.3, -0.25) is 4.79 Å². The van der Waals surface area contributed by atoms with Gasteiger partial charge in [-0.1, -0.05) is 25.4 Å². The first kappa shape index (κ1) is 13.9. The van der Waals surface area contributed by atoms with Gasteiger partial charge < -0.3 is 10.1 Å². The lowest BCUT2D eigenvalue weighted by Crippen LogP contribution is -2.30. The van der Waals surface area contributed by atoms with Crippen LogP contribution in [-0.4, -0.2) is 18.6 Å². The quantitative estimate of drug-likeness (QED) is 0.826. The molecule has 94 valence electrons. The maximum atomic E-state index is 13.3. The molecule has 0 aromatic heterocycles. The Morgan fingerprint density at radius 2 is 2.24 bits per heavy atom. The monoisotopic (exact) mass is 259 g/mol. The topological polar surface area (TPSA) is 38.3 Å². The van der Waals surface area contributed by atoms with Crippen molar-refractivity contribution in [1.29, 1.82) is 0 Å². The molecule has 0 aliphatic carbocycles. The number of rotatable bonds is 5. The number of esters is 1. The second-order valence-electron chi connectivity index (χ2n) is 3.93. The van der Waals surface area contributed by atoms with Gasteiger partial charge >= 0.3 is 5.97 Å². The molecule has 0 fully saturated rings. The van der Waals surface area contributed by atoms with Crippen molar-refractivity contribution in [1.82, 2.24) is 5.32 Å². The van der Waals surface area contributed by atoms with Crippen molar-refractivity contribution >= 4 is 17.6 Å². The molecule has 0 saturated heterocycles. The number of carbonyl (C=O) groups excluding carboxylic acids is 1. The molecule has 0 heterocycles. The molecule has 0 saturated carbocycles. The molecule has 1 N–H and O–H groups in total. The van der Waals surface area contributed by atoms with Crippen LogP contribution < -0.4 is 5.32 Å². The third kappa shape index (κ3) is 5.15. The van der Waals surface area contributed by atoms with Crippen LogP contribution in [0.5, 0.6) is 0 Å². The van der Waals surface area contributed by atoms with Crippen LogP contribution in [0.25, 0.3) is 0 Å². The minimum Gasteiger partial charge on any atom is -0.460 e. The molecule has 3 nitrogen and oxygen atoms in total. The first-order valence-corrected chi connectivity index (χ1v) is 5.69. The largest absolute Gasteiger partial charge is 0.460 e. The molecule has 0 bridgehead atoms. The van der Waals surface area contributed by atoms with E-state index in [4.69, 9.17) is 16.3 Å². The van der Waals surface area contributed by atoms with Gasteiger partial charge in [0.1, 0.15) is 12.4 Å². The summed E-state index contributed by atoms with van der Waals surface area (Å²) in [6.45, 7) is 3.85. The van der Waals surface area contributed by atoms with Crippen molar-refractivity contribution in [3.8, 4) is 0 Å². The number of ether oxygens (including phenoxy) is 1. The van der Waals surface area contributed by atoms with Crippen LogP contribution in [0.15, 0.2) is 18.2 Å². The molecule has 1 rings (SSSR count). The van der Waals surface area contributed by atoms with Gasteiger partial charge in [-0.2, -0.15) is 0 Å². The molecule has 0 aliphatic heterocycles. The number of hydrogen-bond donors (Lipinski definition) is 1. The van der Waals surface area contributed by atoms with E-state index >= 15 is 0 Å². The molecular formula is C12H15ClFNO2. The number of benzene rings is 1. The molecule has 0 atom stereocenters. The maximum absolute atomic E-state index is 13.3. The lowest BCUT2D eigenvalue weighted by Gasteiger charge is -2.09. The predicted molar refractivity (Wildman–Crippen MR) is 64.3 cm³/mol. The molecule has 5 heteroatoms. The Hall–Kier alpha value is -1.13. The molecule has 1 aromatic carbocycles. The summed E-state index contributed by atoms with van der Waals surface area (Å²) < 4.78 is 18.2. The average molecular weight is 260 g/mol. The molecular weight excluding hydrogens is 245 g/mol. The van der Waals surface area contributed by atoms with Crippen molar-refractivity contribution in [2.75, 3.05) is 6.54 Å². The first-order chi connectivity index (χ1) is 7.99. The Balaban J connectivity index is 2.44. The molecule has 0 amide bonds. The van der Waals surface area contributed by atoms with E-state index in [1.54, 1.807) is 0 Å². The standard InChI is InChI=1S/C12H15ClFNO2/c1-8(2)15-6-12(16)17-7-9-5-10(13)3-4-11(9)14/h3-5,8,15H,6-7H2,1-2H3. The van der Waals surface area contributed by atoms with Gasteiger partial charge in [0.2, 0.25) is 0 Å². The lowest BCUT2D eigenvalue weighted by atomic mass is 10.2. The summed E-state index contributed by atoms with van der Waals surface area (Å²) in [6, 6.07) is 4.34. The van der Waals surface area contributed by atoms with E-state index in [9.17, 15) is 9.18 Å². The van der Waals surface area contributed by atoms with E-state index in [0.717, 1.165) is 0 Å². The molecule has 0 aliphatic rings. The van der Waals surface area contributed by atoms with Gasteiger partial charge in [0.15, 0.2) is 0 Å². The van der Waals surface area contributed by atoms with Gasteiger partial charge in [-0.15, -0.1) is 0 Å². The van der Waals surface area contributed by atoms with Gasteiger partial charge in [-0.25, -0.2) is 4.39 Å². The fourth-order valence-electron chi connectivity index (χ4n) is 1.15. The molecule has 17 heavy (non-hydrogen) atoms. The van der Waals surface area contributed by atoms with Crippen LogP contribution in [0.2, 0.25) is 5.02 Å². The highest BCUT2D eigenvalue weighted by Crippen LogP contribution is 2.15. The molecule has 0 spiro atoms. The Morgan fingerprint density at radius 3 is 2.88 bits per heavy atom. The smallest absolute Gasteiger partial charge is 0.320 e. The average Bonchev–Trinajstić information content (AvgIpc) is 2.27. The third-order valence-electron chi connectivity index (χ3n) is 2.05. The van der Waals surface area contributed by atoms with Gasteiger partial charge in [0, 0.05) is 16.6 Å². The summed E-state index contributed by atoms with van der Waals surface area (Å²) in [7, 11) is 0. The van der Waals surface area contributed by atoms with Crippen molar-refractivity contribution in [2.24, 2.45) is 0 Å². The molecule has 0 radical (unpaired) electrons. The SMILES string of the molecule is CC(C)NCC(=O)OCc1cc(Cl)ccc1F. The van der Waals surface area contributed by atoms with E-state index in [-0.39, 0.29) is 24.8 Å². The minimum absolute atomic E-state index is 0.106. The fourth-order valence-corrected chi connectivity index (χ4v) is 1.35. The van der Waals surface area contributed by atoms with Gasteiger partial charge in [-0.05, 0) is 18.2 Å². The zero-order valence-corrected chi connectivity index (χ0v) is 10.6. The van der Waals surface area contributed by atoms with E-state index in [1.165, 1.54) is 18.2 Å². The van der Waals surface area contributed by atoms with Gasteiger partial charge in [0.05, 0.1) is 6.54 Å². The maximum Gasteiger partial charge on any atom is 0.320 e. The van der Waals surface area contributed by atoms with Crippen LogP contribution in [0.3, 0.4) is 0 Å². The van der Waals surface area contributed by atoms with Crippen molar-refractivity contribution < 1.29 is 13.9 Å². The Bertz CT molecular complexity index is 396.